The Kier molecular flexibility index (Phi) is 4.01. The van der Waals surface area contributed by atoms with Crippen molar-refractivity contribution in [2.75, 3.05) is 6.54 Å². The van der Waals surface area contributed by atoms with Crippen molar-refractivity contribution in [3.8, 4) is 0 Å². The van der Waals surface area contributed by atoms with Crippen LogP contribution in [0, 0.1) is 0 Å². The van der Waals surface area contributed by atoms with Crippen LogP contribution >= 0.6 is 15.9 Å². The number of imidazole rings is 1. The molecule has 0 aliphatic heterocycles. The van der Waals surface area contributed by atoms with Gasteiger partial charge in [-0.15, -0.1) is 0 Å². The number of nitrogens with zero attached hydrogens (tertiary/aromatic N) is 1. The number of aromatic amines is 1. The minimum absolute atomic E-state index is 0.0647. The zero-order valence-corrected chi connectivity index (χ0v) is 12.9. The fourth-order valence-electron chi connectivity index (χ4n) is 2.20. The quantitative estimate of drug-likeness (QED) is 0.763. The van der Waals surface area contributed by atoms with Crippen LogP contribution in [-0.4, -0.2) is 22.4 Å². The van der Waals surface area contributed by atoms with Gasteiger partial charge in [0.2, 0.25) is 0 Å². The van der Waals surface area contributed by atoms with E-state index >= 15 is 0 Å². The van der Waals surface area contributed by atoms with E-state index in [9.17, 15) is 4.79 Å². The van der Waals surface area contributed by atoms with Gasteiger partial charge in [-0.3, -0.25) is 4.79 Å². The summed E-state index contributed by atoms with van der Waals surface area (Å²) in [6.45, 7) is 0.597. The molecule has 1 amide bonds. The van der Waals surface area contributed by atoms with Crippen LogP contribution in [0.2, 0.25) is 0 Å². The van der Waals surface area contributed by atoms with E-state index in [0.29, 0.717) is 12.1 Å². The van der Waals surface area contributed by atoms with Gasteiger partial charge in [0, 0.05) is 11.0 Å². The number of rotatable bonds is 4. The second-order valence-electron chi connectivity index (χ2n) is 4.74. The smallest absolute Gasteiger partial charge is 0.252 e. The highest BCUT2D eigenvalue weighted by atomic mass is 79.9. The molecule has 21 heavy (non-hydrogen) atoms. The third-order valence-corrected chi connectivity index (χ3v) is 3.99. The lowest BCUT2D eigenvalue weighted by atomic mass is 10.1. The number of amides is 1. The summed E-state index contributed by atoms with van der Waals surface area (Å²) >= 11 is 3.38. The zero-order valence-electron chi connectivity index (χ0n) is 11.3. The molecule has 0 bridgehead atoms. The first kappa shape index (κ1) is 13.8. The fraction of sp³-hybridized carbons (Fsp3) is 0.125. The van der Waals surface area contributed by atoms with Gasteiger partial charge in [0.1, 0.15) is 0 Å². The molecule has 0 atom stereocenters. The average molecular weight is 344 g/mol. The number of hydrogen-bond acceptors (Lipinski definition) is 2. The van der Waals surface area contributed by atoms with E-state index in [0.717, 1.165) is 21.9 Å². The SMILES string of the molecule is O=C(NCCc1ccc2nc[nH]c2c1)c1ccccc1Br. The normalized spacial score (nSPS) is 10.7. The Morgan fingerprint density at radius 3 is 2.95 bits per heavy atom. The Hall–Kier alpha value is -2.14. The number of carbonyl (C=O) groups excluding carboxylic acids is 1. The summed E-state index contributed by atoms with van der Waals surface area (Å²) in [6, 6.07) is 13.5. The lowest BCUT2D eigenvalue weighted by molar-refractivity contribution is 0.0953. The van der Waals surface area contributed by atoms with Crippen LogP contribution in [0.1, 0.15) is 15.9 Å². The maximum absolute atomic E-state index is 12.1. The standard InChI is InChI=1S/C16H14BrN3O/c17-13-4-2-1-3-12(13)16(21)18-8-7-11-5-6-14-15(9-11)20-10-19-14/h1-6,9-10H,7-8H2,(H,18,21)(H,19,20). The number of halogens is 1. The Morgan fingerprint density at radius 1 is 1.24 bits per heavy atom. The molecule has 3 rings (SSSR count). The van der Waals surface area contributed by atoms with E-state index < -0.39 is 0 Å². The van der Waals surface area contributed by atoms with Gasteiger partial charge in [-0.1, -0.05) is 18.2 Å². The van der Waals surface area contributed by atoms with Crippen LogP contribution in [0.25, 0.3) is 11.0 Å². The van der Waals surface area contributed by atoms with Gasteiger partial charge in [0.05, 0.1) is 22.9 Å². The van der Waals surface area contributed by atoms with Crippen molar-refractivity contribution in [3.63, 3.8) is 0 Å². The van der Waals surface area contributed by atoms with Gasteiger partial charge in [-0.25, -0.2) is 4.98 Å². The molecule has 0 saturated carbocycles. The van der Waals surface area contributed by atoms with Crippen molar-refractivity contribution in [2.24, 2.45) is 0 Å². The third kappa shape index (κ3) is 3.13. The van der Waals surface area contributed by atoms with Crippen LogP contribution in [0.4, 0.5) is 0 Å². The van der Waals surface area contributed by atoms with Gasteiger partial charge in [-0.05, 0) is 52.2 Å². The van der Waals surface area contributed by atoms with Crippen molar-refractivity contribution in [2.45, 2.75) is 6.42 Å². The Bertz CT molecular complexity index is 782. The highest BCUT2D eigenvalue weighted by Gasteiger charge is 2.08. The minimum atomic E-state index is -0.0647. The number of hydrogen-bond donors (Lipinski definition) is 2. The zero-order chi connectivity index (χ0) is 14.7. The van der Waals surface area contributed by atoms with Crippen molar-refractivity contribution in [1.82, 2.24) is 15.3 Å². The predicted octanol–water partition coefficient (Wildman–Crippen LogP) is 3.30. The summed E-state index contributed by atoms with van der Waals surface area (Å²) in [5.41, 5.74) is 3.79. The Morgan fingerprint density at radius 2 is 2.10 bits per heavy atom. The number of aromatic nitrogens is 2. The second-order valence-corrected chi connectivity index (χ2v) is 5.59. The van der Waals surface area contributed by atoms with E-state index in [2.05, 4.69) is 37.3 Å². The molecule has 3 aromatic rings. The largest absolute Gasteiger partial charge is 0.352 e. The number of nitrogens with one attached hydrogen (secondary N) is 2. The predicted molar refractivity (Wildman–Crippen MR) is 86.3 cm³/mol. The molecular formula is C16H14BrN3O. The molecule has 1 heterocycles. The van der Waals surface area contributed by atoms with E-state index in [-0.39, 0.29) is 5.91 Å². The van der Waals surface area contributed by atoms with Crippen LogP contribution in [-0.2, 0) is 6.42 Å². The highest BCUT2D eigenvalue weighted by Crippen LogP contribution is 2.15. The van der Waals surface area contributed by atoms with Crippen molar-refractivity contribution in [3.05, 3.63) is 64.4 Å². The number of benzene rings is 2. The minimum Gasteiger partial charge on any atom is -0.352 e. The fourth-order valence-corrected chi connectivity index (χ4v) is 2.66. The molecule has 0 fully saturated rings. The van der Waals surface area contributed by atoms with E-state index in [1.807, 2.05) is 30.3 Å². The number of fused-ring (bicyclic) bond motifs is 1. The molecular weight excluding hydrogens is 330 g/mol. The molecule has 5 heteroatoms. The number of H-pyrrole nitrogens is 1. The summed E-state index contributed by atoms with van der Waals surface area (Å²) in [4.78, 5) is 19.3. The van der Waals surface area contributed by atoms with Crippen molar-refractivity contribution >= 4 is 32.9 Å². The van der Waals surface area contributed by atoms with Gasteiger partial charge in [-0.2, -0.15) is 0 Å². The van der Waals surface area contributed by atoms with Crippen LogP contribution in [0.15, 0.2) is 53.3 Å². The van der Waals surface area contributed by atoms with Crippen molar-refractivity contribution < 1.29 is 4.79 Å². The first-order valence-corrected chi connectivity index (χ1v) is 7.48. The molecule has 0 saturated heterocycles. The summed E-state index contributed by atoms with van der Waals surface area (Å²) in [5, 5.41) is 2.94. The van der Waals surface area contributed by atoms with Gasteiger partial charge in [0.25, 0.3) is 5.91 Å². The summed E-state index contributed by atoms with van der Waals surface area (Å²) in [7, 11) is 0. The molecule has 4 nitrogen and oxygen atoms in total. The van der Waals surface area contributed by atoms with Crippen molar-refractivity contribution in [1.29, 1.82) is 0 Å². The summed E-state index contributed by atoms with van der Waals surface area (Å²) in [5.74, 6) is -0.0647. The summed E-state index contributed by atoms with van der Waals surface area (Å²) in [6.07, 6.45) is 2.47. The molecule has 2 N–H and O–H groups in total. The molecule has 106 valence electrons. The van der Waals surface area contributed by atoms with E-state index in [1.54, 1.807) is 12.4 Å². The maximum atomic E-state index is 12.1. The molecule has 0 aliphatic carbocycles. The lowest BCUT2D eigenvalue weighted by Gasteiger charge is -2.07. The van der Waals surface area contributed by atoms with Crippen LogP contribution < -0.4 is 5.32 Å². The maximum Gasteiger partial charge on any atom is 0.252 e. The second kappa shape index (κ2) is 6.10. The first-order valence-electron chi connectivity index (χ1n) is 6.69. The average Bonchev–Trinajstić information content (AvgIpc) is 2.95. The topological polar surface area (TPSA) is 57.8 Å². The lowest BCUT2D eigenvalue weighted by Crippen LogP contribution is -2.25. The van der Waals surface area contributed by atoms with E-state index in [4.69, 9.17) is 0 Å². The first-order chi connectivity index (χ1) is 10.2. The molecule has 0 spiro atoms. The highest BCUT2D eigenvalue weighted by molar-refractivity contribution is 9.10. The molecule has 2 aromatic carbocycles. The van der Waals surface area contributed by atoms with Gasteiger partial charge in [0.15, 0.2) is 0 Å². The molecule has 0 radical (unpaired) electrons. The molecule has 0 aliphatic rings. The van der Waals surface area contributed by atoms with E-state index in [1.165, 1.54) is 5.56 Å². The summed E-state index contributed by atoms with van der Waals surface area (Å²) < 4.78 is 0.807. The molecule has 0 unspecified atom stereocenters. The third-order valence-electron chi connectivity index (χ3n) is 3.30. The van der Waals surface area contributed by atoms with Gasteiger partial charge < -0.3 is 10.3 Å². The van der Waals surface area contributed by atoms with Crippen LogP contribution in [0.3, 0.4) is 0 Å². The Labute approximate surface area is 130 Å². The van der Waals surface area contributed by atoms with Crippen LogP contribution in [0.5, 0.6) is 0 Å². The van der Waals surface area contributed by atoms with Gasteiger partial charge >= 0.3 is 0 Å². The number of carbonyl (C=O) groups is 1. The molecule has 1 aromatic heterocycles. The Balaban J connectivity index is 1.60. The monoisotopic (exact) mass is 343 g/mol.